The number of benzene rings is 1. The summed E-state index contributed by atoms with van der Waals surface area (Å²) in [4.78, 5) is 10.9. The number of carboxylic acid groups (broad SMARTS) is 1. The van der Waals surface area contributed by atoms with Crippen molar-refractivity contribution in [3.63, 3.8) is 0 Å². The van der Waals surface area contributed by atoms with Crippen molar-refractivity contribution >= 4 is 21.7 Å². The highest BCUT2D eigenvalue weighted by molar-refractivity contribution is 7.89. The SMILES string of the molecule is CC1(O)CCN(S(=O)(=O)c2cc(N)ccc2C(=O)O)CC1. The molecule has 0 saturated carbocycles. The molecule has 1 aromatic carbocycles. The molecule has 21 heavy (non-hydrogen) atoms. The van der Waals surface area contributed by atoms with E-state index in [0.29, 0.717) is 12.8 Å². The highest BCUT2D eigenvalue weighted by Gasteiger charge is 2.35. The number of piperidine rings is 1. The van der Waals surface area contributed by atoms with Crippen molar-refractivity contribution in [2.75, 3.05) is 18.8 Å². The molecule has 1 fully saturated rings. The molecule has 1 heterocycles. The van der Waals surface area contributed by atoms with Gasteiger partial charge in [0.05, 0.1) is 16.1 Å². The third-order valence-electron chi connectivity index (χ3n) is 3.65. The van der Waals surface area contributed by atoms with Crippen LogP contribution in [0.3, 0.4) is 0 Å². The molecule has 1 aliphatic heterocycles. The lowest BCUT2D eigenvalue weighted by Crippen LogP contribution is -2.45. The zero-order valence-electron chi connectivity index (χ0n) is 11.6. The topological polar surface area (TPSA) is 121 Å². The first-order chi connectivity index (χ1) is 9.63. The summed E-state index contributed by atoms with van der Waals surface area (Å²) in [5.74, 6) is -1.32. The van der Waals surface area contributed by atoms with Crippen LogP contribution in [0.15, 0.2) is 23.1 Å². The zero-order chi connectivity index (χ0) is 15.8. The van der Waals surface area contributed by atoms with Crippen LogP contribution in [0.25, 0.3) is 0 Å². The summed E-state index contributed by atoms with van der Waals surface area (Å²) in [5.41, 5.74) is 4.57. The van der Waals surface area contributed by atoms with Crippen molar-refractivity contribution in [1.82, 2.24) is 4.31 Å². The van der Waals surface area contributed by atoms with Gasteiger partial charge in [-0.3, -0.25) is 0 Å². The minimum absolute atomic E-state index is 0.142. The third kappa shape index (κ3) is 3.17. The first kappa shape index (κ1) is 15.7. The van der Waals surface area contributed by atoms with Gasteiger partial charge in [0.15, 0.2) is 0 Å². The van der Waals surface area contributed by atoms with E-state index in [1.54, 1.807) is 6.92 Å². The number of nitrogen functional groups attached to an aromatic ring is 1. The fourth-order valence-corrected chi connectivity index (χ4v) is 3.94. The standard InChI is InChI=1S/C13H18N2O5S/c1-13(18)4-6-15(7-5-13)21(19,20)11-8-9(14)2-3-10(11)12(16)17/h2-3,8,18H,4-7,14H2,1H3,(H,16,17). The smallest absolute Gasteiger partial charge is 0.337 e. The molecule has 7 nitrogen and oxygen atoms in total. The van der Waals surface area contributed by atoms with Crippen LogP contribution in [-0.4, -0.2) is 47.6 Å². The van der Waals surface area contributed by atoms with Crippen molar-refractivity contribution in [2.45, 2.75) is 30.3 Å². The van der Waals surface area contributed by atoms with Gasteiger partial charge in [0.1, 0.15) is 0 Å². The Hall–Kier alpha value is -1.64. The van der Waals surface area contributed by atoms with E-state index in [1.165, 1.54) is 16.4 Å². The van der Waals surface area contributed by atoms with Gasteiger partial charge in [-0.1, -0.05) is 0 Å². The van der Waals surface area contributed by atoms with Gasteiger partial charge in [-0.15, -0.1) is 0 Å². The maximum atomic E-state index is 12.6. The van der Waals surface area contributed by atoms with E-state index in [0.717, 1.165) is 6.07 Å². The number of aromatic carboxylic acids is 1. The monoisotopic (exact) mass is 314 g/mol. The highest BCUT2D eigenvalue weighted by atomic mass is 32.2. The molecule has 0 spiro atoms. The lowest BCUT2D eigenvalue weighted by molar-refractivity contribution is 0.0125. The summed E-state index contributed by atoms with van der Waals surface area (Å²) in [6, 6.07) is 3.69. The summed E-state index contributed by atoms with van der Waals surface area (Å²) in [6.07, 6.45) is 0.605. The normalized spacial score (nSPS) is 19.3. The van der Waals surface area contributed by atoms with Gasteiger partial charge in [0, 0.05) is 18.8 Å². The Kier molecular flexibility index (Phi) is 3.96. The van der Waals surface area contributed by atoms with Gasteiger partial charge in [0.2, 0.25) is 10.0 Å². The lowest BCUT2D eigenvalue weighted by atomic mass is 9.95. The van der Waals surface area contributed by atoms with Gasteiger partial charge < -0.3 is 15.9 Å². The molecule has 116 valence electrons. The summed E-state index contributed by atoms with van der Waals surface area (Å²) in [7, 11) is -3.95. The molecule has 0 radical (unpaired) electrons. The number of carbonyl (C=O) groups is 1. The van der Waals surface area contributed by atoms with Crippen molar-refractivity contribution in [2.24, 2.45) is 0 Å². The van der Waals surface area contributed by atoms with E-state index in [9.17, 15) is 18.3 Å². The number of anilines is 1. The number of hydrogen-bond acceptors (Lipinski definition) is 5. The molecule has 0 unspecified atom stereocenters. The Bertz CT molecular complexity index is 659. The maximum Gasteiger partial charge on any atom is 0.337 e. The third-order valence-corrected chi connectivity index (χ3v) is 5.59. The Balaban J connectivity index is 2.41. The van der Waals surface area contributed by atoms with E-state index in [-0.39, 0.29) is 29.2 Å². The Morgan fingerprint density at radius 2 is 1.90 bits per heavy atom. The quantitative estimate of drug-likeness (QED) is 0.699. The second-order valence-electron chi connectivity index (χ2n) is 5.46. The predicted molar refractivity (Wildman–Crippen MR) is 76.4 cm³/mol. The van der Waals surface area contributed by atoms with Crippen molar-refractivity contribution < 1.29 is 23.4 Å². The molecule has 4 N–H and O–H groups in total. The fraction of sp³-hybridized carbons (Fsp3) is 0.462. The molecule has 0 aromatic heterocycles. The van der Waals surface area contributed by atoms with Crippen LogP contribution < -0.4 is 5.73 Å². The first-order valence-electron chi connectivity index (χ1n) is 6.49. The zero-order valence-corrected chi connectivity index (χ0v) is 12.4. The van der Waals surface area contributed by atoms with Crippen molar-refractivity contribution in [3.8, 4) is 0 Å². The van der Waals surface area contributed by atoms with E-state index < -0.39 is 21.6 Å². The molecular formula is C13H18N2O5S. The minimum Gasteiger partial charge on any atom is -0.478 e. The van der Waals surface area contributed by atoms with E-state index in [1.807, 2.05) is 0 Å². The highest BCUT2D eigenvalue weighted by Crippen LogP contribution is 2.28. The van der Waals surface area contributed by atoms with Crippen molar-refractivity contribution in [3.05, 3.63) is 23.8 Å². The van der Waals surface area contributed by atoms with Crippen LogP contribution in [0.2, 0.25) is 0 Å². The van der Waals surface area contributed by atoms with E-state index in [2.05, 4.69) is 0 Å². The molecule has 0 bridgehead atoms. The Labute approximate surface area is 123 Å². The molecule has 0 amide bonds. The number of nitrogens with zero attached hydrogens (tertiary/aromatic N) is 1. The van der Waals surface area contributed by atoms with E-state index in [4.69, 9.17) is 10.8 Å². The first-order valence-corrected chi connectivity index (χ1v) is 7.93. The number of carboxylic acids is 1. The number of sulfonamides is 1. The number of nitrogens with two attached hydrogens (primary N) is 1. The summed E-state index contributed by atoms with van der Waals surface area (Å²) >= 11 is 0. The van der Waals surface area contributed by atoms with Gasteiger partial charge in [-0.2, -0.15) is 4.31 Å². The number of aliphatic hydroxyl groups is 1. The largest absolute Gasteiger partial charge is 0.478 e. The molecule has 1 aliphatic rings. The second-order valence-corrected chi connectivity index (χ2v) is 7.37. The molecule has 1 saturated heterocycles. The van der Waals surface area contributed by atoms with Crippen LogP contribution in [0, 0.1) is 0 Å². The van der Waals surface area contributed by atoms with Crippen LogP contribution in [0.5, 0.6) is 0 Å². The predicted octanol–water partition coefficient (Wildman–Crippen LogP) is 0.502. The van der Waals surface area contributed by atoms with Crippen LogP contribution in [0.4, 0.5) is 5.69 Å². The Morgan fingerprint density at radius 1 is 1.33 bits per heavy atom. The average Bonchev–Trinajstić information content (AvgIpc) is 2.37. The summed E-state index contributed by atoms with van der Waals surface area (Å²) < 4.78 is 26.4. The average molecular weight is 314 g/mol. The van der Waals surface area contributed by atoms with Gasteiger partial charge in [-0.05, 0) is 38.0 Å². The van der Waals surface area contributed by atoms with Gasteiger partial charge in [-0.25, -0.2) is 13.2 Å². The van der Waals surface area contributed by atoms with Crippen molar-refractivity contribution in [1.29, 1.82) is 0 Å². The minimum atomic E-state index is -3.95. The summed E-state index contributed by atoms with van der Waals surface area (Å²) in [5, 5.41) is 19.0. The molecule has 0 aliphatic carbocycles. The molecular weight excluding hydrogens is 296 g/mol. The Morgan fingerprint density at radius 3 is 2.43 bits per heavy atom. The fourth-order valence-electron chi connectivity index (χ4n) is 2.28. The second kappa shape index (κ2) is 5.28. The molecule has 8 heteroatoms. The van der Waals surface area contributed by atoms with Crippen LogP contribution >= 0.6 is 0 Å². The number of hydrogen-bond donors (Lipinski definition) is 3. The number of rotatable bonds is 3. The van der Waals surface area contributed by atoms with Crippen LogP contribution in [0.1, 0.15) is 30.1 Å². The van der Waals surface area contributed by atoms with Gasteiger partial charge in [0.25, 0.3) is 0 Å². The molecule has 2 rings (SSSR count). The molecule has 0 atom stereocenters. The summed E-state index contributed by atoms with van der Waals surface area (Å²) in [6.45, 7) is 1.94. The van der Waals surface area contributed by atoms with Crippen LogP contribution in [-0.2, 0) is 10.0 Å². The van der Waals surface area contributed by atoms with E-state index >= 15 is 0 Å². The molecule has 1 aromatic rings. The maximum absolute atomic E-state index is 12.6. The van der Waals surface area contributed by atoms with Gasteiger partial charge >= 0.3 is 5.97 Å². The lowest BCUT2D eigenvalue weighted by Gasteiger charge is -2.35.